The number of rotatable bonds is 8. The first-order chi connectivity index (χ1) is 15.4. The van der Waals surface area contributed by atoms with Crippen molar-refractivity contribution < 1.29 is 17.9 Å². The fraction of sp³-hybridized carbons (Fsp3) is 0.208. The zero-order chi connectivity index (χ0) is 22.6. The summed E-state index contributed by atoms with van der Waals surface area (Å²) in [5.41, 5.74) is 2.42. The Morgan fingerprint density at radius 1 is 1.03 bits per heavy atom. The summed E-state index contributed by atoms with van der Waals surface area (Å²) in [6.45, 7) is 0.255. The van der Waals surface area contributed by atoms with Crippen molar-refractivity contribution in [2.45, 2.75) is 23.8 Å². The van der Waals surface area contributed by atoms with Gasteiger partial charge in [-0.1, -0.05) is 54.1 Å². The highest BCUT2D eigenvalue weighted by Crippen LogP contribution is 2.31. The quantitative estimate of drug-likeness (QED) is 0.485. The molecule has 3 aromatic carbocycles. The third-order valence-electron chi connectivity index (χ3n) is 5.34. The minimum atomic E-state index is -3.83. The lowest BCUT2D eigenvalue weighted by atomic mass is 10.1. The van der Waals surface area contributed by atoms with Crippen molar-refractivity contribution in [3.63, 3.8) is 0 Å². The standard InChI is InChI=1S/C24H23ClN2O4S/c25-22-12-11-19(32(29,30)26-14-15-31-18-7-2-1-3-8-18)16-21(22)24(28)27-23-13-10-17-6-4-5-9-20(17)23/h1-9,11-12,16,23,26H,10,13-15H2,(H,27,28). The molecule has 1 unspecified atom stereocenters. The summed E-state index contributed by atoms with van der Waals surface area (Å²) in [5, 5.41) is 3.18. The highest BCUT2D eigenvalue weighted by Gasteiger charge is 2.25. The van der Waals surface area contributed by atoms with Crippen LogP contribution in [-0.2, 0) is 16.4 Å². The van der Waals surface area contributed by atoms with Gasteiger partial charge in [-0.15, -0.1) is 0 Å². The fourth-order valence-corrected chi connectivity index (χ4v) is 4.98. The Morgan fingerprint density at radius 3 is 2.59 bits per heavy atom. The van der Waals surface area contributed by atoms with Crippen molar-refractivity contribution in [2.75, 3.05) is 13.2 Å². The van der Waals surface area contributed by atoms with Gasteiger partial charge in [0.25, 0.3) is 5.91 Å². The third kappa shape index (κ3) is 5.12. The van der Waals surface area contributed by atoms with E-state index >= 15 is 0 Å². The summed E-state index contributed by atoms with van der Waals surface area (Å²) in [7, 11) is -3.83. The first-order valence-electron chi connectivity index (χ1n) is 10.3. The second-order valence-corrected chi connectivity index (χ2v) is 9.64. The van der Waals surface area contributed by atoms with Crippen LogP contribution in [0.3, 0.4) is 0 Å². The predicted octanol–water partition coefficient (Wildman–Crippen LogP) is 4.11. The minimum Gasteiger partial charge on any atom is -0.492 e. The Kier molecular flexibility index (Phi) is 6.79. The molecular formula is C24H23ClN2O4S. The van der Waals surface area contributed by atoms with Gasteiger partial charge in [0.1, 0.15) is 12.4 Å². The molecule has 0 aromatic heterocycles. The molecule has 0 saturated heterocycles. The molecule has 0 saturated carbocycles. The average molecular weight is 471 g/mol. The fourth-order valence-electron chi connectivity index (χ4n) is 3.73. The Hall–Kier alpha value is -2.87. The molecule has 32 heavy (non-hydrogen) atoms. The number of carbonyl (C=O) groups excluding carboxylic acids is 1. The van der Waals surface area contributed by atoms with Gasteiger partial charge in [-0.05, 0) is 54.3 Å². The summed E-state index contributed by atoms with van der Waals surface area (Å²) in [5.74, 6) is 0.256. The van der Waals surface area contributed by atoms with Gasteiger partial charge >= 0.3 is 0 Å². The summed E-state index contributed by atoms with van der Waals surface area (Å²) in [6, 6.07) is 21.1. The molecular weight excluding hydrogens is 448 g/mol. The molecule has 0 spiro atoms. The SMILES string of the molecule is O=C(NC1CCc2ccccc21)c1cc(S(=O)(=O)NCCOc2ccccc2)ccc1Cl. The number of amides is 1. The molecule has 0 heterocycles. The number of para-hydroxylation sites is 1. The van der Waals surface area contributed by atoms with E-state index in [2.05, 4.69) is 16.1 Å². The smallest absolute Gasteiger partial charge is 0.253 e. The highest BCUT2D eigenvalue weighted by atomic mass is 35.5. The minimum absolute atomic E-state index is 0.0291. The van der Waals surface area contributed by atoms with Gasteiger partial charge in [0.15, 0.2) is 0 Å². The Labute approximate surface area is 192 Å². The molecule has 8 heteroatoms. The van der Waals surface area contributed by atoms with Crippen LogP contribution < -0.4 is 14.8 Å². The number of carbonyl (C=O) groups is 1. The monoisotopic (exact) mass is 470 g/mol. The topological polar surface area (TPSA) is 84.5 Å². The number of halogens is 1. The lowest BCUT2D eigenvalue weighted by molar-refractivity contribution is 0.0936. The van der Waals surface area contributed by atoms with Crippen LogP contribution in [0, 0.1) is 0 Å². The molecule has 1 aliphatic carbocycles. The predicted molar refractivity (Wildman–Crippen MR) is 124 cm³/mol. The lowest BCUT2D eigenvalue weighted by Crippen LogP contribution is -2.30. The molecule has 0 radical (unpaired) electrons. The van der Waals surface area contributed by atoms with Gasteiger partial charge in [0.05, 0.1) is 21.5 Å². The van der Waals surface area contributed by atoms with Crippen LogP contribution in [-0.4, -0.2) is 27.5 Å². The Balaban J connectivity index is 1.41. The number of hydrogen-bond donors (Lipinski definition) is 2. The molecule has 0 bridgehead atoms. The van der Waals surface area contributed by atoms with E-state index in [1.807, 2.05) is 36.4 Å². The summed E-state index contributed by atoms with van der Waals surface area (Å²) < 4.78 is 33.4. The van der Waals surface area contributed by atoms with E-state index in [-0.39, 0.29) is 34.7 Å². The highest BCUT2D eigenvalue weighted by molar-refractivity contribution is 7.89. The second-order valence-electron chi connectivity index (χ2n) is 7.46. The van der Waals surface area contributed by atoms with E-state index in [1.54, 1.807) is 12.1 Å². The van der Waals surface area contributed by atoms with E-state index < -0.39 is 15.9 Å². The van der Waals surface area contributed by atoms with Gasteiger partial charge in [0.2, 0.25) is 10.0 Å². The average Bonchev–Trinajstić information content (AvgIpc) is 3.20. The maximum Gasteiger partial charge on any atom is 0.253 e. The Morgan fingerprint density at radius 2 is 1.78 bits per heavy atom. The molecule has 166 valence electrons. The number of aryl methyl sites for hydroxylation is 1. The summed E-state index contributed by atoms with van der Waals surface area (Å²) in [4.78, 5) is 12.9. The van der Waals surface area contributed by atoms with Gasteiger partial charge in [-0.3, -0.25) is 4.79 Å². The second kappa shape index (κ2) is 9.73. The van der Waals surface area contributed by atoms with Crippen LogP contribution >= 0.6 is 11.6 Å². The number of ether oxygens (including phenoxy) is 1. The number of sulfonamides is 1. The van der Waals surface area contributed by atoms with Crippen molar-refractivity contribution in [2.24, 2.45) is 0 Å². The third-order valence-corrected chi connectivity index (χ3v) is 7.13. The van der Waals surface area contributed by atoms with Crippen LogP contribution in [0.25, 0.3) is 0 Å². The molecule has 6 nitrogen and oxygen atoms in total. The summed E-state index contributed by atoms with van der Waals surface area (Å²) >= 11 is 6.23. The first-order valence-corrected chi connectivity index (χ1v) is 12.2. The molecule has 3 aromatic rings. The van der Waals surface area contributed by atoms with E-state index in [0.717, 1.165) is 18.4 Å². The maximum atomic E-state index is 12.9. The van der Waals surface area contributed by atoms with Crippen LogP contribution in [0.2, 0.25) is 5.02 Å². The van der Waals surface area contributed by atoms with Crippen LogP contribution in [0.15, 0.2) is 77.7 Å². The van der Waals surface area contributed by atoms with E-state index in [1.165, 1.54) is 23.8 Å². The maximum absolute atomic E-state index is 12.9. The summed E-state index contributed by atoms with van der Waals surface area (Å²) in [6.07, 6.45) is 1.68. The van der Waals surface area contributed by atoms with Gasteiger partial charge < -0.3 is 10.1 Å². The molecule has 0 aliphatic heterocycles. The number of hydrogen-bond acceptors (Lipinski definition) is 4. The largest absolute Gasteiger partial charge is 0.492 e. The first kappa shape index (κ1) is 22.3. The van der Waals surface area contributed by atoms with Crippen molar-refractivity contribution in [1.29, 1.82) is 0 Å². The zero-order valence-corrected chi connectivity index (χ0v) is 18.8. The van der Waals surface area contributed by atoms with E-state index in [4.69, 9.17) is 16.3 Å². The van der Waals surface area contributed by atoms with E-state index in [0.29, 0.717) is 5.75 Å². The molecule has 0 fully saturated rings. The van der Waals surface area contributed by atoms with Crippen LogP contribution in [0.5, 0.6) is 5.75 Å². The zero-order valence-electron chi connectivity index (χ0n) is 17.3. The van der Waals surface area contributed by atoms with Crippen molar-refractivity contribution >= 4 is 27.5 Å². The van der Waals surface area contributed by atoms with Crippen molar-refractivity contribution in [3.8, 4) is 5.75 Å². The number of nitrogens with one attached hydrogen (secondary N) is 2. The van der Waals surface area contributed by atoms with Crippen molar-refractivity contribution in [1.82, 2.24) is 10.0 Å². The molecule has 1 atom stereocenters. The van der Waals surface area contributed by atoms with Crippen LogP contribution in [0.4, 0.5) is 0 Å². The van der Waals surface area contributed by atoms with Gasteiger partial charge in [-0.25, -0.2) is 13.1 Å². The number of benzene rings is 3. The van der Waals surface area contributed by atoms with Crippen LogP contribution in [0.1, 0.15) is 33.9 Å². The normalized spacial score (nSPS) is 15.2. The molecule has 1 aliphatic rings. The van der Waals surface area contributed by atoms with E-state index in [9.17, 15) is 13.2 Å². The van der Waals surface area contributed by atoms with Gasteiger partial charge in [0, 0.05) is 6.54 Å². The van der Waals surface area contributed by atoms with Crippen molar-refractivity contribution in [3.05, 3.63) is 94.5 Å². The van der Waals surface area contributed by atoms with Gasteiger partial charge in [-0.2, -0.15) is 0 Å². The molecule has 4 rings (SSSR count). The lowest BCUT2D eigenvalue weighted by Gasteiger charge is -2.15. The number of fused-ring (bicyclic) bond motifs is 1. The molecule has 2 N–H and O–H groups in total. The Bertz CT molecular complexity index is 1220. The molecule has 1 amide bonds.